The molecule has 0 radical (unpaired) electrons. The standard InChI is InChI=1S/C16H18FN3O/c1-19-9-7-15(18-19)13-5-3-8-20(11-13)16(21)12-4-2-6-14(17)10-12/h2,4,6-7,9-10,13H,3,5,8,11H2,1H3. The molecule has 0 bridgehead atoms. The number of amides is 1. The van der Waals surface area contributed by atoms with Crippen molar-refractivity contribution in [1.82, 2.24) is 14.7 Å². The Morgan fingerprint density at radius 3 is 2.95 bits per heavy atom. The zero-order chi connectivity index (χ0) is 14.8. The van der Waals surface area contributed by atoms with Gasteiger partial charge in [0.25, 0.3) is 5.91 Å². The van der Waals surface area contributed by atoms with Crippen molar-refractivity contribution in [2.75, 3.05) is 13.1 Å². The summed E-state index contributed by atoms with van der Waals surface area (Å²) in [6.07, 6.45) is 3.90. The van der Waals surface area contributed by atoms with Crippen LogP contribution in [0.15, 0.2) is 36.5 Å². The van der Waals surface area contributed by atoms with Gasteiger partial charge in [0.2, 0.25) is 0 Å². The van der Waals surface area contributed by atoms with Crippen LogP contribution in [0.25, 0.3) is 0 Å². The second kappa shape index (κ2) is 5.68. The Balaban J connectivity index is 1.75. The van der Waals surface area contributed by atoms with Gasteiger partial charge in [-0.15, -0.1) is 0 Å². The lowest BCUT2D eigenvalue weighted by Gasteiger charge is -2.32. The fourth-order valence-corrected chi connectivity index (χ4v) is 2.86. The molecule has 0 aliphatic carbocycles. The molecule has 0 saturated carbocycles. The summed E-state index contributed by atoms with van der Waals surface area (Å²) in [5.74, 6) is -0.216. The molecule has 1 unspecified atom stereocenters. The Bertz CT molecular complexity index is 652. The van der Waals surface area contributed by atoms with Crippen LogP contribution in [-0.2, 0) is 7.05 Å². The predicted octanol–water partition coefficient (Wildman–Crippen LogP) is 2.58. The first kappa shape index (κ1) is 13.8. The second-order valence-corrected chi connectivity index (χ2v) is 5.51. The van der Waals surface area contributed by atoms with Crippen LogP contribution in [0, 0.1) is 5.82 Å². The van der Waals surface area contributed by atoms with Crippen molar-refractivity contribution < 1.29 is 9.18 Å². The Morgan fingerprint density at radius 1 is 1.38 bits per heavy atom. The van der Waals surface area contributed by atoms with E-state index in [9.17, 15) is 9.18 Å². The molecule has 3 rings (SSSR count). The smallest absolute Gasteiger partial charge is 0.253 e. The molecule has 1 fully saturated rings. The molecular weight excluding hydrogens is 269 g/mol. The molecule has 2 heterocycles. The van der Waals surface area contributed by atoms with Crippen LogP contribution in [0.5, 0.6) is 0 Å². The Kier molecular flexibility index (Phi) is 3.73. The van der Waals surface area contributed by atoms with E-state index in [1.807, 2.05) is 19.3 Å². The SMILES string of the molecule is Cn1ccc(C2CCCN(C(=O)c3cccc(F)c3)C2)n1. The molecule has 110 valence electrons. The third-order valence-electron chi connectivity index (χ3n) is 3.93. The average molecular weight is 287 g/mol. The summed E-state index contributed by atoms with van der Waals surface area (Å²) in [6.45, 7) is 1.37. The number of rotatable bonds is 2. The van der Waals surface area contributed by atoms with E-state index in [0.717, 1.165) is 25.1 Å². The van der Waals surface area contributed by atoms with Crippen LogP contribution in [0.1, 0.15) is 34.8 Å². The molecular formula is C16H18FN3O. The van der Waals surface area contributed by atoms with Crippen molar-refractivity contribution in [2.45, 2.75) is 18.8 Å². The topological polar surface area (TPSA) is 38.1 Å². The number of hydrogen-bond acceptors (Lipinski definition) is 2. The lowest BCUT2D eigenvalue weighted by Crippen LogP contribution is -2.39. The van der Waals surface area contributed by atoms with E-state index in [4.69, 9.17) is 0 Å². The van der Waals surface area contributed by atoms with Gasteiger partial charge in [-0.3, -0.25) is 9.48 Å². The van der Waals surface area contributed by atoms with Crippen molar-refractivity contribution in [2.24, 2.45) is 7.05 Å². The fraction of sp³-hybridized carbons (Fsp3) is 0.375. The van der Waals surface area contributed by atoms with E-state index in [-0.39, 0.29) is 17.6 Å². The summed E-state index contributed by atoms with van der Waals surface area (Å²) in [7, 11) is 1.89. The third-order valence-corrected chi connectivity index (χ3v) is 3.93. The summed E-state index contributed by atoms with van der Waals surface area (Å²) in [5, 5.41) is 4.43. The van der Waals surface area contributed by atoms with E-state index in [1.165, 1.54) is 12.1 Å². The zero-order valence-electron chi connectivity index (χ0n) is 12.0. The highest BCUT2D eigenvalue weighted by molar-refractivity contribution is 5.94. The molecule has 21 heavy (non-hydrogen) atoms. The van der Waals surface area contributed by atoms with E-state index in [0.29, 0.717) is 12.1 Å². The number of hydrogen-bond donors (Lipinski definition) is 0. The summed E-state index contributed by atoms with van der Waals surface area (Å²) < 4.78 is 15.0. The number of piperidine rings is 1. The van der Waals surface area contributed by atoms with E-state index >= 15 is 0 Å². The van der Waals surface area contributed by atoms with Crippen molar-refractivity contribution in [1.29, 1.82) is 0 Å². The van der Waals surface area contributed by atoms with Crippen LogP contribution >= 0.6 is 0 Å². The largest absolute Gasteiger partial charge is 0.338 e. The normalized spacial score (nSPS) is 18.8. The molecule has 1 amide bonds. The molecule has 1 saturated heterocycles. The molecule has 1 aromatic carbocycles. The number of aryl methyl sites for hydroxylation is 1. The van der Waals surface area contributed by atoms with Gasteiger partial charge in [0.05, 0.1) is 5.69 Å². The van der Waals surface area contributed by atoms with Crippen LogP contribution in [0.3, 0.4) is 0 Å². The molecule has 0 N–H and O–H groups in total. The summed E-state index contributed by atoms with van der Waals surface area (Å²) in [4.78, 5) is 14.3. The van der Waals surface area contributed by atoms with Gasteiger partial charge < -0.3 is 4.90 Å². The molecule has 1 aromatic heterocycles. The second-order valence-electron chi connectivity index (χ2n) is 5.51. The highest BCUT2D eigenvalue weighted by Crippen LogP contribution is 2.26. The molecule has 0 spiro atoms. The van der Waals surface area contributed by atoms with Crippen molar-refractivity contribution in [3.05, 3.63) is 53.6 Å². The average Bonchev–Trinajstić information content (AvgIpc) is 2.93. The van der Waals surface area contributed by atoms with Crippen LogP contribution in [0.4, 0.5) is 4.39 Å². The number of carbonyl (C=O) groups is 1. The van der Waals surface area contributed by atoms with E-state index in [2.05, 4.69) is 5.10 Å². The monoisotopic (exact) mass is 287 g/mol. The zero-order valence-corrected chi connectivity index (χ0v) is 12.0. The molecule has 2 aromatic rings. The van der Waals surface area contributed by atoms with Gasteiger partial charge in [0.15, 0.2) is 0 Å². The number of halogens is 1. The van der Waals surface area contributed by atoms with Crippen LogP contribution < -0.4 is 0 Å². The minimum absolute atomic E-state index is 0.102. The maximum absolute atomic E-state index is 13.3. The lowest BCUT2D eigenvalue weighted by atomic mass is 9.94. The third kappa shape index (κ3) is 2.96. The quantitative estimate of drug-likeness (QED) is 0.851. The predicted molar refractivity (Wildman–Crippen MR) is 77.5 cm³/mol. The first-order chi connectivity index (χ1) is 10.1. The molecule has 1 aliphatic heterocycles. The highest BCUT2D eigenvalue weighted by Gasteiger charge is 2.26. The minimum Gasteiger partial charge on any atom is -0.338 e. The maximum atomic E-state index is 13.3. The number of benzene rings is 1. The Labute approximate surface area is 123 Å². The number of likely N-dealkylation sites (tertiary alicyclic amines) is 1. The van der Waals surface area contributed by atoms with Crippen LogP contribution in [0.2, 0.25) is 0 Å². The van der Waals surface area contributed by atoms with Gasteiger partial charge in [-0.25, -0.2) is 4.39 Å². The van der Waals surface area contributed by atoms with Gasteiger partial charge in [0.1, 0.15) is 5.82 Å². The summed E-state index contributed by atoms with van der Waals surface area (Å²) in [5.41, 5.74) is 1.44. The van der Waals surface area contributed by atoms with E-state index < -0.39 is 0 Å². The summed E-state index contributed by atoms with van der Waals surface area (Å²) in [6, 6.07) is 7.88. The van der Waals surface area contributed by atoms with Crippen molar-refractivity contribution >= 4 is 5.91 Å². The molecule has 5 heteroatoms. The van der Waals surface area contributed by atoms with Crippen LogP contribution in [-0.4, -0.2) is 33.7 Å². The van der Waals surface area contributed by atoms with E-state index in [1.54, 1.807) is 21.7 Å². The molecule has 4 nitrogen and oxygen atoms in total. The first-order valence-electron chi connectivity index (χ1n) is 7.18. The highest BCUT2D eigenvalue weighted by atomic mass is 19.1. The van der Waals surface area contributed by atoms with Gasteiger partial charge in [-0.2, -0.15) is 5.10 Å². The van der Waals surface area contributed by atoms with Crippen molar-refractivity contribution in [3.63, 3.8) is 0 Å². The fourth-order valence-electron chi connectivity index (χ4n) is 2.86. The van der Waals surface area contributed by atoms with Gasteiger partial charge in [0, 0.05) is 37.8 Å². The van der Waals surface area contributed by atoms with Gasteiger partial charge in [-0.1, -0.05) is 6.07 Å². The first-order valence-corrected chi connectivity index (χ1v) is 7.18. The lowest BCUT2D eigenvalue weighted by molar-refractivity contribution is 0.0705. The number of carbonyl (C=O) groups excluding carboxylic acids is 1. The van der Waals surface area contributed by atoms with Gasteiger partial charge >= 0.3 is 0 Å². The maximum Gasteiger partial charge on any atom is 0.253 e. The Hall–Kier alpha value is -2.17. The molecule has 1 atom stereocenters. The summed E-state index contributed by atoms with van der Waals surface area (Å²) >= 11 is 0. The minimum atomic E-state index is -0.376. The Morgan fingerprint density at radius 2 is 2.24 bits per heavy atom. The van der Waals surface area contributed by atoms with Crippen molar-refractivity contribution in [3.8, 4) is 0 Å². The molecule has 1 aliphatic rings. The van der Waals surface area contributed by atoms with Gasteiger partial charge in [-0.05, 0) is 37.1 Å². The number of nitrogens with zero attached hydrogens (tertiary/aromatic N) is 3. The number of aromatic nitrogens is 2.